The molecule has 1 aromatic carbocycles. The second-order valence-corrected chi connectivity index (χ2v) is 5.66. The molecule has 1 aromatic rings. The van der Waals surface area contributed by atoms with Crippen molar-refractivity contribution in [3.8, 4) is 6.07 Å². The van der Waals surface area contributed by atoms with Crippen LogP contribution in [0, 0.1) is 17.2 Å². The van der Waals surface area contributed by atoms with Crippen LogP contribution in [0.2, 0.25) is 0 Å². The van der Waals surface area contributed by atoms with Crippen molar-refractivity contribution in [1.29, 1.82) is 5.26 Å². The molecule has 1 N–H and O–H groups in total. The lowest BCUT2D eigenvalue weighted by Gasteiger charge is -2.18. The molecule has 0 aromatic heterocycles. The first kappa shape index (κ1) is 13.9. The van der Waals surface area contributed by atoms with Crippen molar-refractivity contribution in [3.05, 3.63) is 29.8 Å². The molecule has 1 aliphatic carbocycles. The normalized spacial score (nSPS) is 23.4. The van der Waals surface area contributed by atoms with Crippen LogP contribution in [0.5, 0.6) is 0 Å². The fourth-order valence-corrected chi connectivity index (χ4v) is 2.98. The van der Waals surface area contributed by atoms with E-state index in [0.717, 1.165) is 11.5 Å². The van der Waals surface area contributed by atoms with E-state index < -0.39 is 0 Å². The van der Waals surface area contributed by atoms with Gasteiger partial charge in [0.1, 0.15) is 0 Å². The molecule has 0 saturated heterocycles. The van der Waals surface area contributed by atoms with Crippen molar-refractivity contribution in [2.45, 2.75) is 57.9 Å². The molecule has 2 rings (SSSR count). The average Bonchev–Trinajstić information content (AvgIpc) is 2.66. The number of nitrogens with zero attached hydrogens (tertiary/aromatic N) is 1. The molecule has 0 bridgehead atoms. The number of anilines is 1. The summed E-state index contributed by atoms with van der Waals surface area (Å²) in [6.45, 7) is 2.31. The molecule has 1 aliphatic rings. The number of benzene rings is 1. The minimum absolute atomic E-state index is 0.502. The lowest BCUT2D eigenvalue weighted by atomic mass is 9.98. The first-order valence-electron chi connectivity index (χ1n) is 7.54. The van der Waals surface area contributed by atoms with E-state index in [9.17, 15) is 0 Å². The third-order valence-electron chi connectivity index (χ3n) is 4.27. The van der Waals surface area contributed by atoms with Gasteiger partial charge in [0.05, 0.1) is 12.5 Å². The molecule has 0 radical (unpaired) electrons. The summed E-state index contributed by atoms with van der Waals surface area (Å²) in [6, 6.07) is 11.1. The molecule has 2 nitrogen and oxygen atoms in total. The summed E-state index contributed by atoms with van der Waals surface area (Å²) in [6.07, 6.45) is 8.52. The van der Waals surface area contributed by atoms with Crippen LogP contribution >= 0.6 is 0 Å². The topological polar surface area (TPSA) is 35.8 Å². The molecular weight excluding hydrogens is 232 g/mol. The molecule has 2 heteroatoms. The van der Waals surface area contributed by atoms with Crippen molar-refractivity contribution in [3.63, 3.8) is 0 Å². The fourth-order valence-electron chi connectivity index (χ4n) is 2.98. The number of nitriles is 1. The highest BCUT2D eigenvalue weighted by Gasteiger charge is 2.17. The Labute approximate surface area is 116 Å². The molecule has 2 atom stereocenters. The summed E-state index contributed by atoms with van der Waals surface area (Å²) >= 11 is 0. The van der Waals surface area contributed by atoms with E-state index in [1.807, 2.05) is 0 Å². The third-order valence-corrected chi connectivity index (χ3v) is 4.27. The minimum Gasteiger partial charge on any atom is -0.382 e. The highest BCUT2D eigenvalue weighted by atomic mass is 14.9. The van der Waals surface area contributed by atoms with Crippen LogP contribution in [0.1, 0.15) is 51.0 Å². The van der Waals surface area contributed by atoms with Gasteiger partial charge in [-0.25, -0.2) is 0 Å². The summed E-state index contributed by atoms with van der Waals surface area (Å²) in [5, 5.41) is 12.3. The van der Waals surface area contributed by atoms with Gasteiger partial charge in [-0.2, -0.15) is 5.26 Å². The maximum Gasteiger partial charge on any atom is 0.0669 e. The van der Waals surface area contributed by atoms with Crippen molar-refractivity contribution >= 4 is 5.69 Å². The van der Waals surface area contributed by atoms with Gasteiger partial charge in [-0.05, 0) is 42.9 Å². The number of rotatable bonds is 4. The first-order chi connectivity index (χ1) is 9.31. The van der Waals surface area contributed by atoms with Gasteiger partial charge in [-0.15, -0.1) is 0 Å². The van der Waals surface area contributed by atoms with E-state index in [-0.39, 0.29) is 0 Å². The van der Waals surface area contributed by atoms with Gasteiger partial charge in [-0.3, -0.25) is 0 Å². The van der Waals surface area contributed by atoms with Crippen LogP contribution in [0.3, 0.4) is 0 Å². The van der Waals surface area contributed by atoms with Gasteiger partial charge in [0, 0.05) is 11.7 Å². The van der Waals surface area contributed by atoms with Gasteiger partial charge in [0.2, 0.25) is 0 Å². The van der Waals surface area contributed by atoms with E-state index in [1.54, 1.807) is 0 Å². The zero-order valence-corrected chi connectivity index (χ0v) is 11.9. The van der Waals surface area contributed by atoms with Gasteiger partial charge in [0.25, 0.3) is 0 Å². The van der Waals surface area contributed by atoms with Crippen molar-refractivity contribution < 1.29 is 0 Å². The highest BCUT2D eigenvalue weighted by Crippen LogP contribution is 2.27. The van der Waals surface area contributed by atoms with E-state index in [1.165, 1.54) is 44.2 Å². The summed E-state index contributed by atoms with van der Waals surface area (Å²) in [5.41, 5.74) is 2.29. The molecule has 1 saturated carbocycles. The van der Waals surface area contributed by atoms with Crippen LogP contribution in [0.15, 0.2) is 24.3 Å². The van der Waals surface area contributed by atoms with Crippen LogP contribution in [0.4, 0.5) is 5.69 Å². The Kier molecular flexibility index (Phi) is 5.27. The maximum absolute atomic E-state index is 8.66. The zero-order valence-electron chi connectivity index (χ0n) is 11.9. The van der Waals surface area contributed by atoms with Crippen LogP contribution in [-0.2, 0) is 6.42 Å². The summed E-state index contributed by atoms with van der Waals surface area (Å²) in [5.74, 6) is 0.935. The quantitative estimate of drug-likeness (QED) is 0.804. The summed E-state index contributed by atoms with van der Waals surface area (Å²) in [4.78, 5) is 0. The minimum atomic E-state index is 0.502. The standard InChI is InChI=1S/C17H24N2/c1-2-14-4-3-5-16(9-6-14)19-17-10-7-15(8-11-17)12-13-18/h7-8,10-11,14,16,19H,2-6,9,12H2,1H3. The Hall–Kier alpha value is -1.49. The van der Waals surface area contributed by atoms with Gasteiger partial charge in [0.15, 0.2) is 0 Å². The van der Waals surface area contributed by atoms with Crippen LogP contribution < -0.4 is 5.32 Å². The Balaban J connectivity index is 1.88. The average molecular weight is 256 g/mol. The Morgan fingerprint density at radius 2 is 1.95 bits per heavy atom. The lowest BCUT2D eigenvalue weighted by molar-refractivity contribution is 0.444. The van der Waals surface area contributed by atoms with E-state index in [2.05, 4.69) is 42.6 Å². The summed E-state index contributed by atoms with van der Waals surface area (Å²) in [7, 11) is 0. The number of hydrogen-bond acceptors (Lipinski definition) is 2. The Morgan fingerprint density at radius 1 is 1.16 bits per heavy atom. The van der Waals surface area contributed by atoms with Crippen LogP contribution in [-0.4, -0.2) is 6.04 Å². The van der Waals surface area contributed by atoms with Crippen molar-refractivity contribution in [2.24, 2.45) is 5.92 Å². The predicted molar refractivity (Wildman–Crippen MR) is 80.0 cm³/mol. The Bertz CT molecular complexity index is 416. The second kappa shape index (κ2) is 7.19. The van der Waals surface area contributed by atoms with E-state index in [0.29, 0.717) is 12.5 Å². The predicted octanol–water partition coefficient (Wildman–Crippen LogP) is 4.52. The molecule has 0 spiro atoms. The molecule has 19 heavy (non-hydrogen) atoms. The van der Waals surface area contributed by atoms with Gasteiger partial charge in [-0.1, -0.05) is 38.3 Å². The monoisotopic (exact) mass is 256 g/mol. The molecule has 1 fully saturated rings. The lowest BCUT2D eigenvalue weighted by Crippen LogP contribution is -2.18. The molecule has 102 valence electrons. The van der Waals surface area contributed by atoms with Crippen LogP contribution in [0.25, 0.3) is 0 Å². The second-order valence-electron chi connectivity index (χ2n) is 5.66. The molecular formula is C17H24N2. The first-order valence-corrected chi connectivity index (χ1v) is 7.54. The maximum atomic E-state index is 8.66. The highest BCUT2D eigenvalue weighted by molar-refractivity contribution is 5.45. The van der Waals surface area contributed by atoms with E-state index in [4.69, 9.17) is 5.26 Å². The molecule has 2 unspecified atom stereocenters. The Morgan fingerprint density at radius 3 is 2.63 bits per heavy atom. The molecule has 0 heterocycles. The summed E-state index contributed by atoms with van der Waals surface area (Å²) < 4.78 is 0. The zero-order chi connectivity index (χ0) is 13.5. The SMILES string of the molecule is CCC1CCCC(Nc2ccc(CC#N)cc2)CC1. The smallest absolute Gasteiger partial charge is 0.0669 e. The number of nitrogens with one attached hydrogen (secondary N) is 1. The largest absolute Gasteiger partial charge is 0.382 e. The number of hydrogen-bond donors (Lipinski definition) is 1. The third kappa shape index (κ3) is 4.28. The molecule has 0 amide bonds. The van der Waals surface area contributed by atoms with Gasteiger partial charge >= 0.3 is 0 Å². The van der Waals surface area contributed by atoms with Crippen molar-refractivity contribution in [2.75, 3.05) is 5.32 Å². The molecule has 0 aliphatic heterocycles. The van der Waals surface area contributed by atoms with Crippen molar-refractivity contribution in [1.82, 2.24) is 0 Å². The fraction of sp³-hybridized carbons (Fsp3) is 0.588. The van der Waals surface area contributed by atoms with Gasteiger partial charge < -0.3 is 5.32 Å². The van der Waals surface area contributed by atoms with E-state index >= 15 is 0 Å².